The van der Waals surface area contributed by atoms with Crippen molar-refractivity contribution in [1.29, 1.82) is 5.41 Å². The number of guanidine groups is 1. The molecule has 11 heteroatoms. The molecular weight excluding hydrogens is 555 g/mol. The summed E-state index contributed by atoms with van der Waals surface area (Å²) < 4.78 is 16.6. The zero-order chi connectivity index (χ0) is 29.8. The van der Waals surface area contributed by atoms with Crippen molar-refractivity contribution in [3.8, 4) is 16.9 Å². The Hall–Kier alpha value is -3.73. The minimum atomic E-state index is -0.515. The van der Waals surface area contributed by atoms with Crippen molar-refractivity contribution < 1.29 is 4.39 Å². The lowest BCUT2D eigenvalue weighted by atomic mass is 9.92. The van der Waals surface area contributed by atoms with Gasteiger partial charge in [0, 0.05) is 41.8 Å². The number of aromatic amines is 1. The summed E-state index contributed by atoms with van der Waals surface area (Å²) in [5.41, 5.74) is 14.9. The molecule has 0 aliphatic carbocycles. The normalized spacial score (nSPS) is 17.8. The van der Waals surface area contributed by atoms with E-state index < -0.39 is 11.5 Å². The quantitative estimate of drug-likeness (QED) is 0.114. The van der Waals surface area contributed by atoms with Gasteiger partial charge in [-0.1, -0.05) is 30.2 Å². The van der Waals surface area contributed by atoms with E-state index in [4.69, 9.17) is 28.5 Å². The molecule has 1 aliphatic heterocycles. The molecule has 3 atom stereocenters. The first-order valence-corrected chi connectivity index (χ1v) is 14.9. The van der Waals surface area contributed by atoms with Crippen LogP contribution < -0.4 is 27.8 Å². The Balaban J connectivity index is 1.35. The Bertz CT molecular complexity index is 1610. The van der Waals surface area contributed by atoms with E-state index in [0.717, 1.165) is 56.1 Å². The molecular formula is C31H38ClFN8O. The molecule has 2 aromatic carbocycles. The third kappa shape index (κ3) is 7.00. The van der Waals surface area contributed by atoms with Gasteiger partial charge in [0.05, 0.1) is 16.4 Å². The summed E-state index contributed by atoms with van der Waals surface area (Å²) in [6, 6.07) is 13.8. The van der Waals surface area contributed by atoms with Gasteiger partial charge in [0.25, 0.3) is 0 Å². The molecule has 1 aliphatic rings. The molecule has 0 spiro atoms. The number of nitrogens with zero attached hydrogens (tertiary/aromatic N) is 2. The summed E-state index contributed by atoms with van der Waals surface area (Å²) in [6.45, 7) is 2.63. The molecule has 0 bridgehead atoms. The van der Waals surface area contributed by atoms with Gasteiger partial charge >= 0.3 is 5.69 Å². The molecule has 8 N–H and O–H groups in total. The molecule has 0 unspecified atom stereocenters. The van der Waals surface area contributed by atoms with Gasteiger partial charge in [0.2, 0.25) is 0 Å². The van der Waals surface area contributed by atoms with E-state index in [1.54, 1.807) is 24.4 Å². The smallest absolute Gasteiger partial charge is 0.354 e. The average molecular weight is 593 g/mol. The molecule has 0 saturated carbocycles. The predicted molar refractivity (Wildman–Crippen MR) is 167 cm³/mol. The first-order chi connectivity index (χ1) is 20.2. The van der Waals surface area contributed by atoms with Crippen molar-refractivity contribution in [2.24, 2.45) is 11.5 Å². The van der Waals surface area contributed by atoms with E-state index >= 15 is 4.39 Å². The Morgan fingerprint density at radius 1 is 1.26 bits per heavy atom. The second-order valence-corrected chi connectivity index (χ2v) is 11.7. The molecule has 0 amide bonds. The van der Waals surface area contributed by atoms with Crippen LogP contribution in [0, 0.1) is 11.2 Å². The van der Waals surface area contributed by atoms with Gasteiger partial charge in [-0.2, -0.15) is 4.98 Å². The SMILES string of the molecule is C[C@H](N)CCCc1cc(Cl)c(F)c(-c2cc3cn(-c4ccc([C@@H]5CCC[C@H](CCNC(=N)N)N5)cc4)c(=O)nc3[nH]2)c1. The van der Waals surface area contributed by atoms with Crippen LogP contribution in [0.15, 0.2) is 53.5 Å². The Morgan fingerprint density at radius 3 is 2.79 bits per heavy atom. The Kier molecular flexibility index (Phi) is 9.25. The van der Waals surface area contributed by atoms with Gasteiger partial charge in [0.15, 0.2) is 11.8 Å². The number of hydrogen-bond acceptors (Lipinski definition) is 5. The Labute approximate surface area is 249 Å². The third-order valence-electron chi connectivity index (χ3n) is 7.88. The maximum Gasteiger partial charge on any atom is 0.354 e. The lowest BCUT2D eigenvalue weighted by Crippen LogP contribution is -2.40. The fourth-order valence-electron chi connectivity index (χ4n) is 5.70. The van der Waals surface area contributed by atoms with Crippen LogP contribution in [0.1, 0.15) is 62.6 Å². The molecule has 222 valence electrons. The minimum absolute atomic E-state index is 0.00809. The number of aryl methyl sites for hydroxylation is 1. The van der Waals surface area contributed by atoms with E-state index in [0.29, 0.717) is 40.6 Å². The van der Waals surface area contributed by atoms with E-state index in [2.05, 4.69) is 20.6 Å². The summed E-state index contributed by atoms with van der Waals surface area (Å²) in [5, 5.41) is 14.6. The largest absolute Gasteiger partial charge is 0.370 e. The first kappa shape index (κ1) is 29.8. The van der Waals surface area contributed by atoms with Gasteiger partial charge in [-0.15, -0.1) is 0 Å². The highest BCUT2D eigenvalue weighted by molar-refractivity contribution is 6.31. The van der Waals surface area contributed by atoms with Gasteiger partial charge < -0.3 is 27.1 Å². The number of piperidine rings is 1. The summed E-state index contributed by atoms with van der Waals surface area (Å²) in [4.78, 5) is 20.3. The topological polar surface area (TPSA) is 151 Å². The number of aromatic nitrogens is 3. The highest BCUT2D eigenvalue weighted by atomic mass is 35.5. The van der Waals surface area contributed by atoms with Crippen molar-refractivity contribution in [2.75, 3.05) is 6.54 Å². The summed E-state index contributed by atoms with van der Waals surface area (Å²) in [6.07, 6.45) is 8.33. The first-order valence-electron chi connectivity index (χ1n) is 14.5. The van der Waals surface area contributed by atoms with Crippen molar-refractivity contribution >= 4 is 28.6 Å². The number of benzene rings is 2. The fourth-order valence-corrected chi connectivity index (χ4v) is 5.94. The summed E-state index contributed by atoms with van der Waals surface area (Å²) >= 11 is 6.25. The lowest BCUT2D eigenvalue weighted by Gasteiger charge is -2.31. The van der Waals surface area contributed by atoms with Crippen molar-refractivity contribution in [1.82, 2.24) is 25.2 Å². The molecule has 4 aromatic rings. The molecule has 9 nitrogen and oxygen atoms in total. The molecule has 5 rings (SSSR count). The van der Waals surface area contributed by atoms with Gasteiger partial charge in [-0.25, -0.2) is 9.18 Å². The maximum atomic E-state index is 15.1. The van der Waals surface area contributed by atoms with Gasteiger partial charge in [0.1, 0.15) is 5.65 Å². The number of rotatable bonds is 10. The highest BCUT2D eigenvalue weighted by Gasteiger charge is 2.22. The van der Waals surface area contributed by atoms with Crippen LogP contribution in [0.3, 0.4) is 0 Å². The maximum absolute atomic E-state index is 15.1. The molecule has 42 heavy (non-hydrogen) atoms. The monoisotopic (exact) mass is 592 g/mol. The van der Waals surface area contributed by atoms with Crippen LogP contribution in [0.5, 0.6) is 0 Å². The lowest BCUT2D eigenvalue weighted by molar-refractivity contribution is 0.312. The predicted octanol–water partition coefficient (Wildman–Crippen LogP) is 4.90. The number of H-pyrrole nitrogens is 1. The van der Waals surface area contributed by atoms with Crippen LogP contribution in [0.4, 0.5) is 4.39 Å². The van der Waals surface area contributed by atoms with E-state index in [9.17, 15) is 4.79 Å². The number of nitrogens with one attached hydrogen (secondary N) is 4. The zero-order valence-corrected chi connectivity index (χ0v) is 24.5. The van der Waals surface area contributed by atoms with E-state index in [1.165, 1.54) is 4.57 Å². The van der Waals surface area contributed by atoms with Gasteiger partial charge in [-0.3, -0.25) is 9.98 Å². The summed E-state index contributed by atoms with van der Waals surface area (Å²) in [7, 11) is 0. The third-order valence-corrected chi connectivity index (χ3v) is 8.15. The Morgan fingerprint density at radius 2 is 2.05 bits per heavy atom. The average Bonchev–Trinajstić information content (AvgIpc) is 3.37. The van der Waals surface area contributed by atoms with Crippen LogP contribution in [-0.2, 0) is 6.42 Å². The molecule has 3 heterocycles. The van der Waals surface area contributed by atoms with Crippen LogP contribution in [-0.4, -0.2) is 39.1 Å². The fraction of sp³-hybridized carbons (Fsp3) is 0.387. The van der Waals surface area contributed by atoms with E-state index in [1.807, 2.05) is 31.2 Å². The summed E-state index contributed by atoms with van der Waals surface area (Å²) in [5.74, 6) is -0.523. The number of hydrogen-bond donors (Lipinski definition) is 6. The molecule has 1 saturated heterocycles. The van der Waals surface area contributed by atoms with E-state index in [-0.39, 0.29) is 23.1 Å². The van der Waals surface area contributed by atoms with Crippen molar-refractivity contribution in [3.63, 3.8) is 0 Å². The van der Waals surface area contributed by atoms with Crippen LogP contribution in [0.25, 0.3) is 28.0 Å². The molecule has 2 aromatic heterocycles. The number of halogens is 2. The van der Waals surface area contributed by atoms with Crippen LogP contribution >= 0.6 is 11.6 Å². The second kappa shape index (κ2) is 13.1. The zero-order valence-electron chi connectivity index (χ0n) is 23.7. The second-order valence-electron chi connectivity index (χ2n) is 11.3. The highest BCUT2D eigenvalue weighted by Crippen LogP contribution is 2.32. The number of nitrogens with two attached hydrogens (primary N) is 2. The molecule has 1 fully saturated rings. The standard InChI is InChI=1S/C31H38ClFN8O/c1-18(34)4-2-5-19-14-24(28(33)25(32)15-19)27-16-21-17-41(31(42)40-29(21)39-27)23-10-8-20(9-11-23)26-7-3-6-22(38-26)12-13-37-30(35)36/h8-11,14-18,22,26,38H,2-7,12-13,34H2,1H3,(H4,35,36,37)(H,39,40,42)/t18-,22+,26-/m0/s1. The molecule has 0 radical (unpaired) electrons. The number of fused-ring (bicyclic) bond motifs is 1. The van der Waals surface area contributed by atoms with Crippen molar-refractivity contribution in [3.05, 3.63) is 81.1 Å². The van der Waals surface area contributed by atoms with Gasteiger partial charge in [-0.05, 0) is 86.9 Å². The van der Waals surface area contributed by atoms with Crippen molar-refractivity contribution in [2.45, 2.75) is 70.0 Å². The van der Waals surface area contributed by atoms with Crippen LogP contribution in [0.2, 0.25) is 5.02 Å². The minimum Gasteiger partial charge on any atom is -0.370 e.